The van der Waals surface area contributed by atoms with Crippen LogP contribution in [0.2, 0.25) is 5.02 Å². The lowest BCUT2D eigenvalue weighted by molar-refractivity contribution is -0.118. The van der Waals surface area contributed by atoms with Crippen LogP contribution in [0.25, 0.3) is 11.4 Å². The Labute approximate surface area is 192 Å². The number of benzene rings is 3. The minimum atomic E-state index is -0.462. The average Bonchev–Trinajstić information content (AvgIpc) is 3.25. The van der Waals surface area contributed by atoms with E-state index in [4.69, 9.17) is 11.6 Å². The molecule has 0 fully saturated rings. The van der Waals surface area contributed by atoms with Crippen molar-refractivity contribution in [2.24, 2.45) is 0 Å². The minimum Gasteiger partial charge on any atom is -0.342 e. The standard InChI is InChI=1S/C26H25ClN4O/c1-18-17-29-25(30-18)21-9-13-23(14-10-21)31-26(32)24(20-5-3-2-4-6-20)28-16-15-19-7-11-22(27)12-8-19/h2-14,17,24,28H,15-16H2,1H3,(H,29,30)(H,31,32). The maximum absolute atomic E-state index is 13.1. The van der Waals surface area contributed by atoms with Crippen molar-refractivity contribution in [1.82, 2.24) is 15.3 Å². The fraction of sp³-hybridized carbons (Fsp3) is 0.154. The molecule has 3 aromatic carbocycles. The second kappa shape index (κ2) is 10.3. The van der Waals surface area contributed by atoms with Crippen LogP contribution in [0.15, 0.2) is 85.1 Å². The van der Waals surface area contributed by atoms with Crippen LogP contribution in [0, 0.1) is 6.92 Å². The topological polar surface area (TPSA) is 69.8 Å². The van der Waals surface area contributed by atoms with Crippen molar-refractivity contribution in [2.75, 3.05) is 11.9 Å². The van der Waals surface area contributed by atoms with Crippen molar-refractivity contribution < 1.29 is 4.79 Å². The van der Waals surface area contributed by atoms with Crippen LogP contribution in [0.1, 0.15) is 22.9 Å². The molecule has 0 aliphatic carbocycles. The number of aryl methyl sites for hydroxylation is 1. The summed E-state index contributed by atoms with van der Waals surface area (Å²) < 4.78 is 0. The number of aromatic amines is 1. The van der Waals surface area contributed by atoms with E-state index >= 15 is 0 Å². The predicted octanol–water partition coefficient (Wildman–Crippen LogP) is 5.55. The van der Waals surface area contributed by atoms with Gasteiger partial charge in [-0.25, -0.2) is 4.98 Å². The van der Waals surface area contributed by atoms with Crippen molar-refractivity contribution in [3.05, 3.63) is 107 Å². The van der Waals surface area contributed by atoms with Crippen LogP contribution < -0.4 is 10.6 Å². The summed E-state index contributed by atoms with van der Waals surface area (Å²) in [5.74, 6) is 0.709. The summed E-state index contributed by atoms with van der Waals surface area (Å²) >= 11 is 5.97. The molecule has 1 heterocycles. The molecule has 0 spiro atoms. The number of hydrogen-bond donors (Lipinski definition) is 3. The first kappa shape index (κ1) is 21.8. The Hall–Kier alpha value is -3.41. The van der Waals surface area contributed by atoms with E-state index < -0.39 is 6.04 Å². The number of amides is 1. The van der Waals surface area contributed by atoms with Crippen LogP contribution in [0.4, 0.5) is 5.69 Å². The van der Waals surface area contributed by atoms with E-state index in [2.05, 4.69) is 20.6 Å². The van der Waals surface area contributed by atoms with Gasteiger partial charge >= 0.3 is 0 Å². The van der Waals surface area contributed by atoms with Crippen molar-refractivity contribution >= 4 is 23.2 Å². The lowest BCUT2D eigenvalue weighted by atomic mass is 10.1. The zero-order valence-corrected chi connectivity index (χ0v) is 18.6. The number of aromatic nitrogens is 2. The van der Waals surface area contributed by atoms with Crippen molar-refractivity contribution in [1.29, 1.82) is 0 Å². The van der Waals surface area contributed by atoms with Gasteiger partial charge in [-0.05, 0) is 60.9 Å². The highest BCUT2D eigenvalue weighted by atomic mass is 35.5. The molecule has 1 unspecified atom stereocenters. The molecule has 0 saturated heterocycles. The van der Waals surface area contributed by atoms with Gasteiger partial charge in [0.15, 0.2) is 0 Å². The molecule has 0 aliphatic rings. The number of anilines is 1. The average molecular weight is 445 g/mol. The van der Waals surface area contributed by atoms with E-state index in [1.807, 2.05) is 85.8 Å². The second-order valence-electron chi connectivity index (χ2n) is 7.66. The normalized spacial score (nSPS) is 11.8. The van der Waals surface area contributed by atoms with E-state index in [0.717, 1.165) is 45.3 Å². The highest BCUT2D eigenvalue weighted by molar-refractivity contribution is 6.30. The number of carbonyl (C=O) groups is 1. The van der Waals surface area contributed by atoms with Crippen LogP contribution in [0.5, 0.6) is 0 Å². The summed E-state index contributed by atoms with van der Waals surface area (Å²) in [6, 6.07) is 24.7. The molecule has 4 aromatic rings. The predicted molar refractivity (Wildman–Crippen MR) is 130 cm³/mol. The maximum atomic E-state index is 13.1. The van der Waals surface area contributed by atoms with E-state index in [-0.39, 0.29) is 5.91 Å². The van der Waals surface area contributed by atoms with E-state index in [1.54, 1.807) is 6.20 Å². The SMILES string of the molecule is Cc1cnc(-c2ccc(NC(=O)C(NCCc3ccc(Cl)cc3)c3ccccc3)cc2)[nH]1. The van der Waals surface area contributed by atoms with Gasteiger partial charge in [0.25, 0.3) is 0 Å². The second-order valence-corrected chi connectivity index (χ2v) is 8.09. The first-order valence-corrected chi connectivity index (χ1v) is 10.9. The Morgan fingerprint density at radius 3 is 2.38 bits per heavy atom. The maximum Gasteiger partial charge on any atom is 0.246 e. The Morgan fingerprint density at radius 2 is 1.72 bits per heavy atom. The van der Waals surface area contributed by atoms with Gasteiger partial charge in [-0.3, -0.25) is 4.79 Å². The molecule has 4 rings (SSSR count). The molecule has 0 radical (unpaired) electrons. The van der Waals surface area contributed by atoms with Gasteiger partial charge < -0.3 is 15.6 Å². The number of hydrogen-bond acceptors (Lipinski definition) is 3. The Bertz CT molecular complexity index is 1150. The van der Waals surface area contributed by atoms with Gasteiger partial charge in [-0.2, -0.15) is 0 Å². The van der Waals surface area contributed by atoms with E-state index in [9.17, 15) is 4.79 Å². The number of H-pyrrole nitrogens is 1. The molecule has 5 nitrogen and oxygen atoms in total. The summed E-state index contributed by atoms with van der Waals surface area (Å²) in [6.45, 7) is 2.63. The number of halogens is 1. The molecular weight excluding hydrogens is 420 g/mol. The first-order chi connectivity index (χ1) is 15.6. The van der Waals surface area contributed by atoms with Gasteiger partial charge in [0.05, 0.1) is 0 Å². The summed E-state index contributed by atoms with van der Waals surface area (Å²) in [6.07, 6.45) is 2.59. The zero-order chi connectivity index (χ0) is 22.3. The molecule has 0 aliphatic heterocycles. The van der Waals surface area contributed by atoms with Gasteiger partial charge in [0, 0.05) is 34.7 Å². The van der Waals surface area contributed by atoms with Gasteiger partial charge in [0.2, 0.25) is 5.91 Å². The number of imidazole rings is 1. The molecule has 1 atom stereocenters. The summed E-state index contributed by atoms with van der Waals surface area (Å²) in [4.78, 5) is 20.7. The molecule has 3 N–H and O–H groups in total. The van der Waals surface area contributed by atoms with Crippen molar-refractivity contribution in [3.63, 3.8) is 0 Å². The summed E-state index contributed by atoms with van der Waals surface area (Å²) in [5.41, 5.74) is 4.80. The number of nitrogens with one attached hydrogen (secondary N) is 3. The fourth-order valence-corrected chi connectivity index (χ4v) is 3.63. The molecular formula is C26H25ClN4O. The molecule has 1 amide bonds. The van der Waals surface area contributed by atoms with Crippen molar-refractivity contribution in [2.45, 2.75) is 19.4 Å². The van der Waals surface area contributed by atoms with Gasteiger partial charge in [-0.1, -0.05) is 54.1 Å². The van der Waals surface area contributed by atoms with E-state index in [0.29, 0.717) is 6.54 Å². The Kier molecular flexibility index (Phi) is 7.00. The molecule has 6 heteroatoms. The number of rotatable bonds is 8. The minimum absolute atomic E-state index is 0.103. The number of carbonyl (C=O) groups excluding carboxylic acids is 1. The molecule has 1 aromatic heterocycles. The Morgan fingerprint density at radius 1 is 1.00 bits per heavy atom. The zero-order valence-electron chi connectivity index (χ0n) is 17.8. The summed E-state index contributed by atoms with van der Waals surface area (Å²) in [5, 5.41) is 7.15. The Balaban J connectivity index is 1.43. The highest BCUT2D eigenvalue weighted by Crippen LogP contribution is 2.21. The van der Waals surface area contributed by atoms with E-state index in [1.165, 1.54) is 0 Å². The lowest BCUT2D eigenvalue weighted by Crippen LogP contribution is -2.34. The smallest absolute Gasteiger partial charge is 0.246 e. The van der Waals surface area contributed by atoms with Crippen LogP contribution in [-0.2, 0) is 11.2 Å². The molecule has 32 heavy (non-hydrogen) atoms. The van der Waals surface area contributed by atoms with Crippen LogP contribution in [0.3, 0.4) is 0 Å². The third kappa shape index (κ3) is 5.63. The van der Waals surface area contributed by atoms with Crippen molar-refractivity contribution in [3.8, 4) is 11.4 Å². The molecule has 0 saturated carbocycles. The summed E-state index contributed by atoms with van der Waals surface area (Å²) in [7, 11) is 0. The highest BCUT2D eigenvalue weighted by Gasteiger charge is 2.20. The fourth-order valence-electron chi connectivity index (χ4n) is 3.50. The third-order valence-corrected chi connectivity index (χ3v) is 5.45. The molecule has 0 bridgehead atoms. The van der Waals surface area contributed by atoms with Gasteiger partial charge in [0.1, 0.15) is 11.9 Å². The number of nitrogens with zero attached hydrogens (tertiary/aromatic N) is 1. The third-order valence-electron chi connectivity index (χ3n) is 5.20. The monoisotopic (exact) mass is 444 g/mol. The van der Waals surface area contributed by atoms with Crippen LogP contribution >= 0.6 is 11.6 Å². The quantitative estimate of drug-likeness (QED) is 0.333. The van der Waals surface area contributed by atoms with Crippen LogP contribution in [-0.4, -0.2) is 22.4 Å². The van der Waals surface area contributed by atoms with Gasteiger partial charge in [-0.15, -0.1) is 0 Å². The first-order valence-electron chi connectivity index (χ1n) is 10.5. The molecule has 162 valence electrons. The largest absolute Gasteiger partial charge is 0.342 e. The lowest BCUT2D eigenvalue weighted by Gasteiger charge is -2.19.